The van der Waals surface area contributed by atoms with Gasteiger partial charge in [-0.05, 0) is 25.3 Å². The summed E-state index contributed by atoms with van der Waals surface area (Å²) in [4.78, 5) is 4.70. The van der Waals surface area contributed by atoms with Crippen LogP contribution >= 0.6 is 0 Å². The Morgan fingerprint density at radius 3 is 2.94 bits per heavy atom. The van der Waals surface area contributed by atoms with E-state index in [-0.39, 0.29) is 0 Å². The molecule has 1 fully saturated rings. The van der Waals surface area contributed by atoms with E-state index in [1.54, 1.807) is 0 Å². The van der Waals surface area contributed by atoms with Crippen LogP contribution in [0.1, 0.15) is 57.2 Å². The first-order valence-electron chi connectivity index (χ1n) is 6.80. The van der Waals surface area contributed by atoms with Gasteiger partial charge in [0.25, 0.3) is 0 Å². The molecule has 1 unspecified atom stereocenters. The molecule has 2 heterocycles. The maximum Gasteiger partial charge on any atom is 0.151 e. The number of rotatable bonds is 3. The van der Waals surface area contributed by atoms with Crippen molar-refractivity contribution >= 4 is 0 Å². The Kier molecular flexibility index (Phi) is 4.15. The van der Waals surface area contributed by atoms with Gasteiger partial charge in [-0.25, -0.2) is 4.98 Å². The van der Waals surface area contributed by atoms with Crippen LogP contribution in [0.5, 0.6) is 0 Å². The summed E-state index contributed by atoms with van der Waals surface area (Å²) in [5.41, 5.74) is 0. The molecule has 0 amide bonds. The van der Waals surface area contributed by atoms with E-state index in [0.717, 1.165) is 24.6 Å². The highest BCUT2D eigenvalue weighted by Gasteiger charge is 2.19. The molecule has 0 spiro atoms. The van der Waals surface area contributed by atoms with Gasteiger partial charge in [0.1, 0.15) is 5.82 Å². The van der Waals surface area contributed by atoms with Crippen LogP contribution in [0.15, 0.2) is 0 Å². The lowest BCUT2D eigenvalue weighted by molar-refractivity contribution is 0.483. The molecule has 1 aliphatic rings. The molecule has 1 N–H and O–H groups in total. The van der Waals surface area contributed by atoms with E-state index in [1.165, 1.54) is 25.7 Å². The van der Waals surface area contributed by atoms with Gasteiger partial charge in [0.2, 0.25) is 0 Å². The lowest BCUT2D eigenvalue weighted by atomic mass is 10.1. The average Bonchev–Trinajstić information content (AvgIpc) is 2.52. The van der Waals surface area contributed by atoms with Gasteiger partial charge in [0.15, 0.2) is 5.82 Å². The second kappa shape index (κ2) is 5.63. The molecule has 0 bridgehead atoms. The molecular formula is C13H24N4. The van der Waals surface area contributed by atoms with Crippen molar-refractivity contribution < 1.29 is 0 Å². The van der Waals surface area contributed by atoms with E-state index >= 15 is 0 Å². The number of aryl methyl sites for hydroxylation is 1. The molecule has 1 aromatic rings. The third kappa shape index (κ3) is 3.28. The zero-order valence-electron chi connectivity index (χ0n) is 11.2. The lowest BCUT2D eigenvalue weighted by Crippen LogP contribution is -2.23. The molecule has 96 valence electrons. The first-order chi connectivity index (χ1) is 8.16. The standard InChI is InChI=1S/C13H24N4/c1-10(2)9-12-15-13(17(3)16-12)11-7-5-4-6-8-14-11/h10-11,14H,4-9H2,1-3H3. The molecule has 2 rings (SSSR count). The molecule has 17 heavy (non-hydrogen) atoms. The van der Waals surface area contributed by atoms with Crippen molar-refractivity contribution in [2.24, 2.45) is 13.0 Å². The Morgan fingerprint density at radius 1 is 1.35 bits per heavy atom. The highest BCUT2D eigenvalue weighted by Crippen LogP contribution is 2.21. The molecule has 0 aliphatic carbocycles. The minimum atomic E-state index is 0.399. The van der Waals surface area contributed by atoms with Crippen molar-refractivity contribution in [3.63, 3.8) is 0 Å². The second-order valence-electron chi connectivity index (χ2n) is 5.46. The first kappa shape index (κ1) is 12.6. The van der Waals surface area contributed by atoms with E-state index in [0.29, 0.717) is 12.0 Å². The highest BCUT2D eigenvalue weighted by molar-refractivity contribution is 5.00. The Balaban J connectivity index is 2.10. The van der Waals surface area contributed by atoms with Gasteiger partial charge in [-0.3, -0.25) is 4.68 Å². The SMILES string of the molecule is CC(C)Cc1nc(C2CCCCCN2)n(C)n1. The summed E-state index contributed by atoms with van der Waals surface area (Å²) in [5, 5.41) is 8.10. The predicted octanol–water partition coefficient (Wildman–Crippen LogP) is 2.22. The van der Waals surface area contributed by atoms with Gasteiger partial charge in [0, 0.05) is 13.5 Å². The van der Waals surface area contributed by atoms with Crippen molar-refractivity contribution in [1.29, 1.82) is 0 Å². The molecule has 1 atom stereocenters. The van der Waals surface area contributed by atoms with Gasteiger partial charge in [-0.1, -0.05) is 26.7 Å². The zero-order valence-corrected chi connectivity index (χ0v) is 11.2. The molecule has 1 saturated heterocycles. The molecule has 0 saturated carbocycles. The van der Waals surface area contributed by atoms with Gasteiger partial charge in [0.05, 0.1) is 6.04 Å². The van der Waals surface area contributed by atoms with Crippen molar-refractivity contribution in [2.45, 2.75) is 52.0 Å². The summed E-state index contributed by atoms with van der Waals surface area (Å²) in [6, 6.07) is 0.399. The van der Waals surface area contributed by atoms with Crippen molar-refractivity contribution in [3.05, 3.63) is 11.6 Å². The summed E-state index contributed by atoms with van der Waals surface area (Å²) < 4.78 is 1.96. The fraction of sp³-hybridized carbons (Fsp3) is 0.846. The summed E-state index contributed by atoms with van der Waals surface area (Å²) >= 11 is 0. The van der Waals surface area contributed by atoms with Crippen LogP contribution in [0, 0.1) is 5.92 Å². The van der Waals surface area contributed by atoms with Crippen LogP contribution in [0.3, 0.4) is 0 Å². The Labute approximate surface area is 104 Å². The minimum absolute atomic E-state index is 0.399. The monoisotopic (exact) mass is 236 g/mol. The minimum Gasteiger partial charge on any atom is -0.307 e. The smallest absolute Gasteiger partial charge is 0.151 e. The Bertz CT molecular complexity index is 348. The average molecular weight is 236 g/mol. The van der Waals surface area contributed by atoms with Gasteiger partial charge >= 0.3 is 0 Å². The van der Waals surface area contributed by atoms with Crippen LogP contribution in [0.2, 0.25) is 0 Å². The van der Waals surface area contributed by atoms with Crippen molar-refractivity contribution in [3.8, 4) is 0 Å². The number of hydrogen-bond donors (Lipinski definition) is 1. The lowest BCUT2D eigenvalue weighted by Gasteiger charge is -2.13. The summed E-state index contributed by atoms with van der Waals surface area (Å²) in [7, 11) is 2.01. The maximum absolute atomic E-state index is 4.70. The Hall–Kier alpha value is -0.900. The predicted molar refractivity (Wildman–Crippen MR) is 68.8 cm³/mol. The molecule has 1 aromatic heterocycles. The maximum atomic E-state index is 4.70. The second-order valence-corrected chi connectivity index (χ2v) is 5.46. The molecular weight excluding hydrogens is 212 g/mol. The molecule has 1 aliphatic heterocycles. The van der Waals surface area contributed by atoms with E-state index in [9.17, 15) is 0 Å². The Morgan fingerprint density at radius 2 is 2.18 bits per heavy atom. The first-order valence-corrected chi connectivity index (χ1v) is 6.80. The van der Waals surface area contributed by atoms with E-state index in [1.807, 2.05) is 11.7 Å². The highest BCUT2D eigenvalue weighted by atomic mass is 15.3. The number of nitrogens with zero attached hydrogens (tertiary/aromatic N) is 3. The summed E-state index contributed by atoms with van der Waals surface area (Å²) in [6.07, 6.45) is 6.08. The number of hydrogen-bond acceptors (Lipinski definition) is 3. The van der Waals surface area contributed by atoms with Crippen LogP contribution < -0.4 is 5.32 Å². The van der Waals surface area contributed by atoms with Crippen molar-refractivity contribution in [1.82, 2.24) is 20.1 Å². The fourth-order valence-corrected chi connectivity index (χ4v) is 2.46. The fourth-order valence-electron chi connectivity index (χ4n) is 2.46. The molecule has 4 nitrogen and oxygen atoms in total. The van der Waals surface area contributed by atoms with Crippen LogP contribution in [-0.2, 0) is 13.5 Å². The third-order valence-electron chi connectivity index (χ3n) is 3.30. The topological polar surface area (TPSA) is 42.7 Å². The zero-order chi connectivity index (χ0) is 12.3. The summed E-state index contributed by atoms with van der Waals surface area (Å²) in [6.45, 7) is 5.52. The van der Waals surface area contributed by atoms with Crippen LogP contribution in [-0.4, -0.2) is 21.3 Å². The van der Waals surface area contributed by atoms with Gasteiger partial charge in [-0.2, -0.15) is 5.10 Å². The van der Waals surface area contributed by atoms with Gasteiger partial charge < -0.3 is 5.32 Å². The largest absolute Gasteiger partial charge is 0.307 e. The van der Waals surface area contributed by atoms with Crippen LogP contribution in [0.25, 0.3) is 0 Å². The van der Waals surface area contributed by atoms with Crippen LogP contribution in [0.4, 0.5) is 0 Å². The normalized spacial score (nSPS) is 21.8. The van der Waals surface area contributed by atoms with E-state index < -0.39 is 0 Å². The molecule has 4 heteroatoms. The molecule has 0 aromatic carbocycles. The quantitative estimate of drug-likeness (QED) is 0.875. The third-order valence-corrected chi connectivity index (χ3v) is 3.30. The van der Waals surface area contributed by atoms with E-state index in [4.69, 9.17) is 4.98 Å². The summed E-state index contributed by atoms with van der Waals surface area (Å²) in [5.74, 6) is 2.72. The number of aromatic nitrogens is 3. The number of nitrogens with one attached hydrogen (secondary N) is 1. The molecule has 0 radical (unpaired) electrons. The van der Waals surface area contributed by atoms with E-state index in [2.05, 4.69) is 24.3 Å². The van der Waals surface area contributed by atoms with Crippen molar-refractivity contribution in [2.75, 3.05) is 6.54 Å². The van der Waals surface area contributed by atoms with Gasteiger partial charge in [-0.15, -0.1) is 0 Å².